The minimum absolute atomic E-state index is 0.0163. The van der Waals surface area contributed by atoms with E-state index >= 15 is 0 Å². The monoisotopic (exact) mass is 204 g/mol. The summed E-state index contributed by atoms with van der Waals surface area (Å²) >= 11 is 0. The average molecular weight is 204 g/mol. The van der Waals surface area contributed by atoms with Crippen molar-refractivity contribution in [3.05, 3.63) is 29.8 Å². The molecule has 1 aliphatic heterocycles. The van der Waals surface area contributed by atoms with Gasteiger partial charge in [0.05, 0.1) is 6.04 Å². The maximum absolute atomic E-state index is 11.9. The van der Waals surface area contributed by atoms with Crippen molar-refractivity contribution in [2.75, 3.05) is 19.4 Å². The zero-order chi connectivity index (χ0) is 10.8. The minimum Gasteiger partial charge on any atom is -0.324 e. The van der Waals surface area contributed by atoms with Crippen LogP contribution < -0.4 is 5.32 Å². The highest BCUT2D eigenvalue weighted by molar-refractivity contribution is 5.96. The van der Waals surface area contributed by atoms with Gasteiger partial charge in [0.15, 0.2) is 0 Å². The number of para-hydroxylation sites is 1. The van der Waals surface area contributed by atoms with Gasteiger partial charge in [-0.3, -0.25) is 9.69 Å². The van der Waals surface area contributed by atoms with Crippen molar-refractivity contribution in [2.24, 2.45) is 0 Å². The van der Waals surface area contributed by atoms with E-state index < -0.39 is 0 Å². The third-order valence-electron chi connectivity index (χ3n) is 2.89. The second-order valence-electron chi connectivity index (χ2n) is 4.16. The highest BCUT2D eigenvalue weighted by atomic mass is 16.2. The number of benzene rings is 1. The number of aryl methyl sites for hydroxylation is 1. The van der Waals surface area contributed by atoms with Gasteiger partial charge in [-0.2, -0.15) is 0 Å². The normalized spacial score (nSPS) is 20.7. The molecule has 1 atom stereocenters. The van der Waals surface area contributed by atoms with Gasteiger partial charge in [0.25, 0.3) is 0 Å². The summed E-state index contributed by atoms with van der Waals surface area (Å²) in [5.74, 6) is 0.102. The molecular weight excluding hydrogens is 188 g/mol. The Morgan fingerprint density at radius 1 is 1.33 bits per heavy atom. The minimum atomic E-state index is -0.0163. The largest absolute Gasteiger partial charge is 0.324 e. The van der Waals surface area contributed by atoms with E-state index in [2.05, 4.69) is 11.4 Å². The van der Waals surface area contributed by atoms with Crippen molar-refractivity contribution >= 4 is 11.6 Å². The zero-order valence-corrected chi connectivity index (χ0v) is 9.16. The third-order valence-corrected chi connectivity index (χ3v) is 2.89. The number of hydrogen-bond acceptors (Lipinski definition) is 2. The van der Waals surface area contributed by atoms with Crippen LogP contribution in [0.1, 0.15) is 12.0 Å². The summed E-state index contributed by atoms with van der Waals surface area (Å²) in [4.78, 5) is 13.8. The highest BCUT2D eigenvalue weighted by Crippen LogP contribution is 2.22. The second-order valence-corrected chi connectivity index (χ2v) is 4.16. The van der Waals surface area contributed by atoms with E-state index in [1.54, 1.807) is 0 Å². The molecule has 3 nitrogen and oxygen atoms in total. The molecule has 1 aromatic rings. The van der Waals surface area contributed by atoms with Crippen molar-refractivity contribution in [3.63, 3.8) is 0 Å². The molecule has 15 heavy (non-hydrogen) atoms. The molecule has 1 heterocycles. The molecule has 0 spiro atoms. The standard InChI is InChI=1S/C12H16N2O/c1-14(2)11-8-7-9-5-3-4-6-10(9)13-12(11)15/h3-6,11H,7-8H2,1-2H3,(H,13,15). The maximum Gasteiger partial charge on any atom is 0.241 e. The van der Waals surface area contributed by atoms with Gasteiger partial charge in [0.2, 0.25) is 5.91 Å². The lowest BCUT2D eigenvalue weighted by atomic mass is 10.1. The van der Waals surface area contributed by atoms with Crippen LogP contribution in [0.4, 0.5) is 5.69 Å². The second kappa shape index (κ2) is 4.03. The van der Waals surface area contributed by atoms with Crippen molar-refractivity contribution in [1.82, 2.24) is 4.90 Å². The van der Waals surface area contributed by atoms with Gasteiger partial charge in [-0.25, -0.2) is 0 Å². The van der Waals surface area contributed by atoms with Crippen LogP contribution in [0.15, 0.2) is 24.3 Å². The molecule has 0 aliphatic carbocycles. The Balaban J connectivity index is 2.26. The van der Waals surface area contributed by atoms with Gasteiger partial charge in [-0.1, -0.05) is 18.2 Å². The molecule has 0 fully saturated rings. The Hall–Kier alpha value is -1.35. The maximum atomic E-state index is 11.9. The van der Waals surface area contributed by atoms with E-state index in [0.717, 1.165) is 18.5 Å². The number of rotatable bonds is 1. The number of carbonyl (C=O) groups excluding carboxylic acids is 1. The molecule has 3 heteroatoms. The van der Waals surface area contributed by atoms with Crippen LogP contribution in [0.5, 0.6) is 0 Å². The summed E-state index contributed by atoms with van der Waals surface area (Å²) in [7, 11) is 3.89. The van der Waals surface area contributed by atoms with Crippen LogP contribution in [-0.2, 0) is 11.2 Å². The number of hydrogen-bond donors (Lipinski definition) is 1. The van der Waals surface area contributed by atoms with Crippen molar-refractivity contribution in [3.8, 4) is 0 Å². The SMILES string of the molecule is CN(C)C1CCc2ccccc2NC1=O. The smallest absolute Gasteiger partial charge is 0.241 e. The van der Waals surface area contributed by atoms with Gasteiger partial charge in [-0.15, -0.1) is 0 Å². The number of fused-ring (bicyclic) bond motifs is 1. The van der Waals surface area contributed by atoms with Gasteiger partial charge in [0.1, 0.15) is 0 Å². The summed E-state index contributed by atoms with van der Waals surface area (Å²) in [6, 6.07) is 7.99. The molecule has 1 aliphatic rings. The van der Waals surface area contributed by atoms with Gasteiger partial charge in [-0.05, 0) is 38.6 Å². The van der Waals surface area contributed by atoms with Crippen LogP contribution in [0, 0.1) is 0 Å². The third kappa shape index (κ3) is 2.02. The number of amides is 1. The number of nitrogens with one attached hydrogen (secondary N) is 1. The first-order valence-corrected chi connectivity index (χ1v) is 5.23. The average Bonchev–Trinajstić information content (AvgIpc) is 2.35. The van der Waals surface area contributed by atoms with E-state index in [0.29, 0.717) is 0 Å². The number of anilines is 1. The predicted octanol–water partition coefficient (Wildman–Crippen LogP) is 1.50. The lowest BCUT2D eigenvalue weighted by Crippen LogP contribution is -2.38. The molecule has 1 aromatic carbocycles. The molecule has 1 unspecified atom stereocenters. The summed E-state index contributed by atoms with van der Waals surface area (Å²) in [5, 5.41) is 2.97. The quantitative estimate of drug-likeness (QED) is 0.752. The van der Waals surface area contributed by atoms with E-state index in [1.807, 2.05) is 37.2 Å². The zero-order valence-electron chi connectivity index (χ0n) is 9.16. The number of carbonyl (C=O) groups is 1. The summed E-state index contributed by atoms with van der Waals surface area (Å²) in [6.07, 6.45) is 1.84. The molecule has 0 aromatic heterocycles. The first-order chi connectivity index (χ1) is 7.18. The Bertz CT molecular complexity index is 374. The van der Waals surface area contributed by atoms with Crippen molar-refractivity contribution in [2.45, 2.75) is 18.9 Å². The van der Waals surface area contributed by atoms with Crippen molar-refractivity contribution in [1.29, 1.82) is 0 Å². The fraction of sp³-hybridized carbons (Fsp3) is 0.417. The molecule has 0 bridgehead atoms. The fourth-order valence-corrected chi connectivity index (χ4v) is 1.99. The molecule has 1 N–H and O–H groups in total. The highest BCUT2D eigenvalue weighted by Gasteiger charge is 2.24. The molecule has 1 amide bonds. The Morgan fingerprint density at radius 3 is 2.80 bits per heavy atom. The van der Waals surface area contributed by atoms with Gasteiger partial charge >= 0.3 is 0 Å². The predicted molar refractivity (Wildman–Crippen MR) is 60.9 cm³/mol. The van der Waals surface area contributed by atoms with E-state index in [1.165, 1.54) is 5.56 Å². The van der Waals surface area contributed by atoms with Crippen LogP contribution in [0.3, 0.4) is 0 Å². The van der Waals surface area contributed by atoms with Gasteiger partial charge < -0.3 is 5.32 Å². The van der Waals surface area contributed by atoms with Crippen molar-refractivity contribution < 1.29 is 4.79 Å². The van der Waals surface area contributed by atoms with E-state index in [9.17, 15) is 4.79 Å². The molecule has 0 radical (unpaired) electrons. The van der Waals surface area contributed by atoms with Gasteiger partial charge in [0, 0.05) is 5.69 Å². The summed E-state index contributed by atoms with van der Waals surface area (Å²) in [5.41, 5.74) is 2.20. The van der Waals surface area contributed by atoms with Crippen LogP contribution in [0.25, 0.3) is 0 Å². The van der Waals surface area contributed by atoms with E-state index in [4.69, 9.17) is 0 Å². The first kappa shape index (κ1) is 10.2. The Kier molecular flexibility index (Phi) is 2.73. The molecule has 0 saturated carbocycles. The Morgan fingerprint density at radius 2 is 2.07 bits per heavy atom. The lowest BCUT2D eigenvalue weighted by molar-refractivity contribution is -0.120. The molecule has 0 saturated heterocycles. The lowest BCUT2D eigenvalue weighted by Gasteiger charge is -2.20. The molecule has 80 valence electrons. The molecular formula is C12H16N2O. The summed E-state index contributed by atoms with van der Waals surface area (Å²) in [6.45, 7) is 0. The van der Waals surface area contributed by atoms with Crippen LogP contribution in [-0.4, -0.2) is 30.9 Å². The number of likely N-dealkylation sites (N-methyl/N-ethyl adjacent to an activating group) is 1. The Labute approximate surface area is 90.1 Å². The van der Waals surface area contributed by atoms with E-state index in [-0.39, 0.29) is 11.9 Å². The first-order valence-electron chi connectivity index (χ1n) is 5.23. The number of nitrogens with zero attached hydrogens (tertiary/aromatic N) is 1. The summed E-state index contributed by atoms with van der Waals surface area (Å²) < 4.78 is 0. The van der Waals surface area contributed by atoms with Crippen LogP contribution in [0.2, 0.25) is 0 Å². The topological polar surface area (TPSA) is 32.3 Å². The molecule has 2 rings (SSSR count). The fourth-order valence-electron chi connectivity index (χ4n) is 1.99. The van der Waals surface area contributed by atoms with Crippen LogP contribution >= 0.6 is 0 Å².